The summed E-state index contributed by atoms with van der Waals surface area (Å²) in [5, 5.41) is 13.6. The number of anilines is 1. The van der Waals surface area contributed by atoms with Crippen LogP contribution in [0.3, 0.4) is 0 Å². The number of piperidine rings is 1. The van der Waals surface area contributed by atoms with E-state index in [1.54, 1.807) is 0 Å². The summed E-state index contributed by atoms with van der Waals surface area (Å²) in [4.78, 5) is 23.1. The lowest BCUT2D eigenvalue weighted by molar-refractivity contribution is -0.384. The number of rotatable bonds is 6. The zero-order valence-electron chi connectivity index (χ0n) is 16.7. The van der Waals surface area contributed by atoms with Crippen LogP contribution in [-0.2, 0) is 10.0 Å². The van der Waals surface area contributed by atoms with Gasteiger partial charge in [-0.25, -0.2) is 8.42 Å². The molecule has 1 amide bonds. The zero-order chi connectivity index (χ0) is 21.9. The molecule has 0 radical (unpaired) electrons. The molecule has 1 N–H and O–H groups in total. The Labute approximate surface area is 174 Å². The fourth-order valence-electron chi connectivity index (χ4n) is 3.44. The topological polar surface area (TPSA) is 119 Å². The number of carbonyl (C=O) groups is 1. The minimum absolute atomic E-state index is 0.0620. The van der Waals surface area contributed by atoms with Gasteiger partial charge in [0, 0.05) is 30.3 Å². The second kappa shape index (κ2) is 8.80. The molecule has 1 aliphatic rings. The zero-order valence-corrected chi connectivity index (χ0v) is 17.5. The van der Waals surface area contributed by atoms with Gasteiger partial charge in [-0.3, -0.25) is 14.9 Å². The van der Waals surface area contributed by atoms with Gasteiger partial charge in [0.05, 0.1) is 22.6 Å². The molecule has 1 heterocycles. The molecule has 9 nitrogen and oxygen atoms in total. The summed E-state index contributed by atoms with van der Waals surface area (Å²) in [5.74, 6) is -0.267. The second-order valence-electron chi connectivity index (χ2n) is 7.08. The van der Waals surface area contributed by atoms with Crippen molar-refractivity contribution in [1.29, 1.82) is 0 Å². The van der Waals surface area contributed by atoms with Crippen molar-refractivity contribution < 1.29 is 22.9 Å². The molecular weight excluding hydrogens is 410 g/mol. The van der Waals surface area contributed by atoms with E-state index in [0.717, 1.165) is 19.3 Å². The van der Waals surface area contributed by atoms with E-state index in [1.807, 2.05) is 6.92 Å². The van der Waals surface area contributed by atoms with E-state index in [1.165, 1.54) is 53.9 Å². The molecule has 1 fully saturated rings. The molecule has 1 atom stereocenters. The third-order valence-corrected chi connectivity index (χ3v) is 7.13. The number of ether oxygens (including phenoxy) is 1. The fourth-order valence-corrected chi connectivity index (χ4v) is 5.14. The Morgan fingerprint density at radius 3 is 2.50 bits per heavy atom. The highest BCUT2D eigenvalue weighted by Crippen LogP contribution is 2.30. The molecule has 1 saturated heterocycles. The van der Waals surface area contributed by atoms with Crippen molar-refractivity contribution in [1.82, 2.24) is 4.31 Å². The Kier molecular flexibility index (Phi) is 6.37. The van der Waals surface area contributed by atoms with Gasteiger partial charge in [0.1, 0.15) is 5.75 Å². The number of amides is 1. The van der Waals surface area contributed by atoms with E-state index < -0.39 is 20.9 Å². The summed E-state index contributed by atoms with van der Waals surface area (Å²) < 4.78 is 32.4. The number of sulfonamides is 1. The predicted molar refractivity (Wildman–Crippen MR) is 111 cm³/mol. The monoisotopic (exact) mass is 433 g/mol. The van der Waals surface area contributed by atoms with Crippen molar-refractivity contribution in [3.8, 4) is 5.75 Å². The van der Waals surface area contributed by atoms with Crippen LogP contribution in [0.4, 0.5) is 11.4 Å². The minimum atomic E-state index is -3.63. The molecule has 0 aliphatic carbocycles. The van der Waals surface area contributed by atoms with Gasteiger partial charge in [0.15, 0.2) is 0 Å². The summed E-state index contributed by atoms with van der Waals surface area (Å²) >= 11 is 0. The fraction of sp³-hybridized carbons (Fsp3) is 0.350. The first-order chi connectivity index (χ1) is 14.2. The Morgan fingerprint density at radius 2 is 1.90 bits per heavy atom. The number of carbonyl (C=O) groups excluding carboxylic acids is 1. The number of non-ortho nitro benzene ring substituents is 1. The SMILES string of the molecule is COc1ccc([N+](=O)[O-])cc1NC(=O)c1ccc(S(=O)(=O)N2CCCC[C@@H]2C)cc1. The summed E-state index contributed by atoms with van der Waals surface area (Å²) in [7, 11) is -2.24. The van der Waals surface area contributed by atoms with E-state index in [4.69, 9.17) is 4.74 Å². The van der Waals surface area contributed by atoms with Gasteiger partial charge in [-0.15, -0.1) is 0 Å². The number of methoxy groups -OCH3 is 1. The molecule has 0 spiro atoms. The maximum atomic E-state index is 12.9. The van der Waals surface area contributed by atoms with Gasteiger partial charge in [0.25, 0.3) is 11.6 Å². The van der Waals surface area contributed by atoms with Gasteiger partial charge >= 0.3 is 0 Å². The molecule has 2 aromatic rings. The minimum Gasteiger partial charge on any atom is -0.495 e. The highest BCUT2D eigenvalue weighted by Gasteiger charge is 2.31. The van der Waals surface area contributed by atoms with Crippen LogP contribution in [0, 0.1) is 10.1 Å². The Bertz CT molecular complexity index is 1050. The quantitative estimate of drug-likeness (QED) is 0.551. The average molecular weight is 433 g/mol. The Hall–Kier alpha value is -2.98. The van der Waals surface area contributed by atoms with E-state index >= 15 is 0 Å². The van der Waals surface area contributed by atoms with Crippen molar-refractivity contribution in [2.45, 2.75) is 37.1 Å². The van der Waals surface area contributed by atoms with Crippen molar-refractivity contribution in [2.75, 3.05) is 19.0 Å². The lowest BCUT2D eigenvalue weighted by Crippen LogP contribution is -2.41. The molecule has 2 aromatic carbocycles. The summed E-state index contributed by atoms with van der Waals surface area (Å²) in [6, 6.07) is 9.44. The first kappa shape index (κ1) is 21.7. The molecule has 0 bridgehead atoms. The van der Waals surface area contributed by atoms with Gasteiger partial charge < -0.3 is 10.1 Å². The van der Waals surface area contributed by atoms with Gasteiger partial charge in [-0.05, 0) is 50.1 Å². The number of hydrogen-bond acceptors (Lipinski definition) is 6. The molecule has 160 valence electrons. The van der Waals surface area contributed by atoms with Crippen LogP contribution < -0.4 is 10.1 Å². The molecule has 10 heteroatoms. The van der Waals surface area contributed by atoms with Crippen LogP contribution in [0.5, 0.6) is 5.75 Å². The number of hydrogen-bond donors (Lipinski definition) is 1. The van der Waals surface area contributed by atoms with Crippen LogP contribution in [0.25, 0.3) is 0 Å². The number of nitrogens with one attached hydrogen (secondary N) is 1. The maximum Gasteiger partial charge on any atom is 0.271 e. The summed E-state index contributed by atoms with van der Waals surface area (Å²) in [6.07, 6.45) is 2.66. The van der Waals surface area contributed by atoms with Crippen LogP contribution in [0.1, 0.15) is 36.5 Å². The molecule has 1 aliphatic heterocycles. The normalized spacial score (nSPS) is 17.3. The molecule has 0 aromatic heterocycles. The lowest BCUT2D eigenvalue weighted by atomic mass is 10.1. The average Bonchev–Trinajstić information content (AvgIpc) is 2.73. The lowest BCUT2D eigenvalue weighted by Gasteiger charge is -2.32. The van der Waals surface area contributed by atoms with E-state index in [9.17, 15) is 23.3 Å². The van der Waals surface area contributed by atoms with Crippen molar-refractivity contribution in [3.63, 3.8) is 0 Å². The van der Waals surface area contributed by atoms with Crippen molar-refractivity contribution in [3.05, 3.63) is 58.1 Å². The number of nitro benzene ring substituents is 1. The molecule has 3 rings (SSSR count). The standard InChI is InChI=1S/C20H23N3O6S/c1-14-5-3-4-12-22(14)30(27,28)17-9-6-15(7-10-17)20(24)21-18-13-16(23(25)26)8-11-19(18)29-2/h6-11,13-14H,3-5,12H2,1-2H3,(H,21,24)/t14-/m0/s1. The predicted octanol–water partition coefficient (Wildman–Crippen LogP) is 3.42. The highest BCUT2D eigenvalue weighted by molar-refractivity contribution is 7.89. The number of nitro groups is 1. The molecule has 0 saturated carbocycles. The smallest absolute Gasteiger partial charge is 0.271 e. The van der Waals surface area contributed by atoms with Gasteiger partial charge in [0.2, 0.25) is 10.0 Å². The van der Waals surface area contributed by atoms with Crippen LogP contribution >= 0.6 is 0 Å². The van der Waals surface area contributed by atoms with Crippen LogP contribution in [0.2, 0.25) is 0 Å². The van der Waals surface area contributed by atoms with Crippen molar-refractivity contribution >= 4 is 27.3 Å². The molecule has 0 unspecified atom stereocenters. The first-order valence-electron chi connectivity index (χ1n) is 9.49. The van der Waals surface area contributed by atoms with Crippen molar-refractivity contribution in [2.24, 2.45) is 0 Å². The third-order valence-electron chi connectivity index (χ3n) is 5.11. The first-order valence-corrected chi connectivity index (χ1v) is 10.9. The molecular formula is C20H23N3O6S. The molecule has 30 heavy (non-hydrogen) atoms. The number of benzene rings is 2. The highest BCUT2D eigenvalue weighted by atomic mass is 32.2. The van der Waals surface area contributed by atoms with Crippen LogP contribution in [-0.4, -0.2) is 43.2 Å². The van der Waals surface area contributed by atoms with E-state index in [0.29, 0.717) is 6.54 Å². The van der Waals surface area contributed by atoms with Gasteiger partial charge in [-0.1, -0.05) is 6.42 Å². The number of nitrogens with zero attached hydrogens (tertiary/aromatic N) is 2. The third kappa shape index (κ3) is 4.44. The largest absolute Gasteiger partial charge is 0.495 e. The van der Waals surface area contributed by atoms with Crippen LogP contribution in [0.15, 0.2) is 47.4 Å². The van der Waals surface area contributed by atoms with E-state index in [2.05, 4.69) is 5.32 Å². The second-order valence-corrected chi connectivity index (χ2v) is 8.97. The van der Waals surface area contributed by atoms with E-state index in [-0.39, 0.29) is 33.6 Å². The Balaban J connectivity index is 1.80. The maximum absolute atomic E-state index is 12.9. The summed E-state index contributed by atoms with van der Waals surface area (Å²) in [5.41, 5.74) is 0.174. The van der Waals surface area contributed by atoms with Gasteiger partial charge in [-0.2, -0.15) is 4.31 Å². The summed E-state index contributed by atoms with van der Waals surface area (Å²) in [6.45, 7) is 2.38. The Morgan fingerprint density at radius 1 is 1.20 bits per heavy atom.